The maximum absolute atomic E-state index is 12.0. The molecule has 1 aliphatic heterocycles. The van der Waals surface area contributed by atoms with Gasteiger partial charge in [-0.1, -0.05) is 19.3 Å². The molecule has 1 aliphatic carbocycles. The van der Waals surface area contributed by atoms with Gasteiger partial charge in [-0.25, -0.2) is 8.51 Å². The Morgan fingerprint density at radius 2 is 1.54 bits per heavy atom. The van der Waals surface area contributed by atoms with Gasteiger partial charge < -0.3 is 0 Å². The van der Waals surface area contributed by atoms with Gasteiger partial charge in [0.1, 0.15) is 0 Å². The zero-order valence-corrected chi connectivity index (χ0v) is 9.02. The van der Waals surface area contributed by atoms with Gasteiger partial charge in [0.15, 0.2) is 0 Å². The summed E-state index contributed by atoms with van der Waals surface area (Å²) in [6.45, 7) is 2.15. The zero-order chi connectivity index (χ0) is 9.10. The van der Waals surface area contributed by atoms with Crippen LogP contribution in [0.15, 0.2) is 0 Å². The average molecular weight is 201 g/mol. The average Bonchev–Trinajstić information content (AvgIpc) is 2.71. The van der Waals surface area contributed by atoms with Gasteiger partial charge in [-0.05, 0) is 25.7 Å². The summed E-state index contributed by atoms with van der Waals surface area (Å²) in [4.78, 5) is 0. The van der Waals surface area contributed by atoms with Gasteiger partial charge in [-0.15, -0.1) is 0 Å². The Morgan fingerprint density at radius 3 is 2.15 bits per heavy atom. The second kappa shape index (κ2) is 4.56. The van der Waals surface area contributed by atoms with Crippen LogP contribution in [0.2, 0.25) is 0 Å². The molecule has 3 heteroatoms. The summed E-state index contributed by atoms with van der Waals surface area (Å²) in [5.74, 6) is 0. The molecule has 0 aromatic heterocycles. The molecule has 0 aromatic carbocycles. The molecule has 2 rings (SSSR count). The van der Waals surface area contributed by atoms with E-state index in [0.717, 1.165) is 13.1 Å². The quantitative estimate of drug-likeness (QED) is 0.670. The van der Waals surface area contributed by atoms with E-state index in [1.165, 1.54) is 44.9 Å². The SMILES string of the molecule is O=S(C1CCCCC1)N1CCCC1. The minimum Gasteiger partial charge on any atom is -0.242 e. The lowest BCUT2D eigenvalue weighted by Crippen LogP contribution is -2.32. The highest BCUT2D eigenvalue weighted by molar-refractivity contribution is 7.83. The lowest BCUT2D eigenvalue weighted by Gasteiger charge is -2.25. The Kier molecular flexibility index (Phi) is 3.39. The van der Waals surface area contributed by atoms with Crippen LogP contribution >= 0.6 is 0 Å². The van der Waals surface area contributed by atoms with E-state index in [4.69, 9.17) is 0 Å². The third kappa shape index (κ3) is 2.32. The van der Waals surface area contributed by atoms with Crippen molar-refractivity contribution in [2.45, 2.75) is 50.2 Å². The minimum atomic E-state index is -0.648. The fraction of sp³-hybridized carbons (Fsp3) is 1.00. The monoisotopic (exact) mass is 201 g/mol. The van der Waals surface area contributed by atoms with E-state index in [0.29, 0.717) is 5.25 Å². The van der Waals surface area contributed by atoms with Gasteiger partial charge in [-0.3, -0.25) is 0 Å². The number of rotatable bonds is 2. The van der Waals surface area contributed by atoms with Crippen molar-refractivity contribution < 1.29 is 4.21 Å². The van der Waals surface area contributed by atoms with Crippen molar-refractivity contribution in [3.8, 4) is 0 Å². The molecule has 1 unspecified atom stereocenters. The van der Waals surface area contributed by atoms with Gasteiger partial charge in [-0.2, -0.15) is 0 Å². The summed E-state index contributed by atoms with van der Waals surface area (Å²) in [7, 11) is -0.648. The molecule has 2 aliphatic rings. The molecule has 1 saturated carbocycles. The molecular formula is C10H19NOS. The first-order valence-electron chi connectivity index (χ1n) is 5.53. The van der Waals surface area contributed by atoms with E-state index in [2.05, 4.69) is 4.31 Å². The lowest BCUT2D eigenvalue weighted by molar-refractivity contribution is 0.470. The summed E-state index contributed by atoms with van der Waals surface area (Å²) in [6, 6.07) is 0. The summed E-state index contributed by atoms with van der Waals surface area (Å²) in [5, 5.41) is 0.492. The van der Waals surface area contributed by atoms with Crippen LogP contribution in [0.25, 0.3) is 0 Å². The van der Waals surface area contributed by atoms with Crippen molar-refractivity contribution in [2.24, 2.45) is 0 Å². The van der Waals surface area contributed by atoms with Crippen LogP contribution in [0.1, 0.15) is 44.9 Å². The first kappa shape index (κ1) is 9.66. The maximum atomic E-state index is 12.0. The fourth-order valence-corrected chi connectivity index (χ4v) is 4.12. The van der Waals surface area contributed by atoms with Crippen molar-refractivity contribution in [2.75, 3.05) is 13.1 Å². The molecule has 0 bridgehead atoms. The zero-order valence-electron chi connectivity index (χ0n) is 8.21. The molecule has 1 heterocycles. The molecule has 1 atom stereocenters. The van der Waals surface area contributed by atoms with E-state index < -0.39 is 11.0 Å². The highest BCUT2D eigenvalue weighted by Crippen LogP contribution is 2.25. The maximum Gasteiger partial charge on any atom is 0.0974 e. The fourth-order valence-electron chi connectivity index (χ4n) is 2.35. The van der Waals surface area contributed by atoms with Crippen LogP contribution in [0.4, 0.5) is 0 Å². The van der Waals surface area contributed by atoms with E-state index in [1.54, 1.807) is 0 Å². The van der Waals surface area contributed by atoms with Gasteiger partial charge in [0.2, 0.25) is 0 Å². The predicted octanol–water partition coefficient (Wildman–Crippen LogP) is 2.08. The molecule has 2 fully saturated rings. The Labute approximate surface area is 83.3 Å². The standard InChI is InChI=1S/C10H19NOS/c12-13(11-8-4-5-9-11)10-6-2-1-3-7-10/h10H,1-9H2. The molecule has 13 heavy (non-hydrogen) atoms. The number of hydrogen-bond donors (Lipinski definition) is 0. The van der Waals surface area contributed by atoms with Crippen LogP contribution < -0.4 is 0 Å². The van der Waals surface area contributed by atoms with Crippen LogP contribution in [-0.2, 0) is 11.0 Å². The minimum absolute atomic E-state index is 0.492. The topological polar surface area (TPSA) is 20.3 Å². The van der Waals surface area contributed by atoms with Gasteiger partial charge >= 0.3 is 0 Å². The smallest absolute Gasteiger partial charge is 0.0974 e. The van der Waals surface area contributed by atoms with Crippen molar-refractivity contribution in [3.63, 3.8) is 0 Å². The van der Waals surface area contributed by atoms with Crippen molar-refractivity contribution >= 4 is 11.0 Å². The third-order valence-corrected chi connectivity index (χ3v) is 5.07. The Bertz CT molecular complexity index is 183. The van der Waals surface area contributed by atoms with Crippen LogP contribution in [0, 0.1) is 0 Å². The molecule has 0 amide bonds. The van der Waals surface area contributed by atoms with Gasteiger partial charge in [0.25, 0.3) is 0 Å². The highest BCUT2D eigenvalue weighted by atomic mass is 32.2. The summed E-state index contributed by atoms with van der Waals surface area (Å²) in [6.07, 6.45) is 8.84. The lowest BCUT2D eigenvalue weighted by atomic mass is 10.0. The van der Waals surface area contributed by atoms with Crippen LogP contribution in [0.3, 0.4) is 0 Å². The molecule has 0 spiro atoms. The predicted molar refractivity (Wildman–Crippen MR) is 55.8 cm³/mol. The van der Waals surface area contributed by atoms with Gasteiger partial charge in [0, 0.05) is 18.3 Å². The molecule has 0 N–H and O–H groups in total. The molecule has 76 valence electrons. The Morgan fingerprint density at radius 1 is 0.923 bits per heavy atom. The Balaban J connectivity index is 1.87. The van der Waals surface area contributed by atoms with Crippen molar-refractivity contribution in [1.29, 1.82) is 0 Å². The van der Waals surface area contributed by atoms with Gasteiger partial charge in [0.05, 0.1) is 11.0 Å². The van der Waals surface area contributed by atoms with E-state index in [9.17, 15) is 4.21 Å². The first-order valence-corrected chi connectivity index (χ1v) is 6.70. The molecule has 1 saturated heterocycles. The van der Waals surface area contributed by atoms with Crippen LogP contribution in [-0.4, -0.2) is 26.9 Å². The second-order valence-corrected chi connectivity index (χ2v) is 5.91. The van der Waals surface area contributed by atoms with E-state index >= 15 is 0 Å². The molecule has 0 radical (unpaired) electrons. The Hall–Kier alpha value is 0.110. The summed E-state index contributed by atoms with van der Waals surface area (Å²) in [5.41, 5.74) is 0. The van der Waals surface area contributed by atoms with E-state index in [-0.39, 0.29) is 0 Å². The van der Waals surface area contributed by atoms with E-state index in [1.807, 2.05) is 0 Å². The first-order chi connectivity index (χ1) is 6.38. The normalized spacial score (nSPS) is 29.2. The highest BCUT2D eigenvalue weighted by Gasteiger charge is 2.26. The molecule has 2 nitrogen and oxygen atoms in total. The number of hydrogen-bond acceptors (Lipinski definition) is 1. The largest absolute Gasteiger partial charge is 0.242 e. The molecular weight excluding hydrogens is 182 g/mol. The van der Waals surface area contributed by atoms with Crippen LogP contribution in [0.5, 0.6) is 0 Å². The molecule has 0 aromatic rings. The third-order valence-electron chi connectivity index (χ3n) is 3.16. The van der Waals surface area contributed by atoms with Crippen molar-refractivity contribution in [1.82, 2.24) is 4.31 Å². The summed E-state index contributed by atoms with van der Waals surface area (Å²) >= 11 is 0. The number of nitrogens with zero attached hydrogens (tertiary/aromatic N) is 1. The van der Waals surface area contributed by atoms with Crippen molar-refractivity contribution in [3.05, 3.63) is 0 Å². The second-order valence-electron chi connectivity index (χ2n) is 4.17. The summed E-state index contributed by atoms with van der Waals surface area (Å²) < 4.78 is 14.2.